The van der Waals surface area contributed by atoms with Gasteiger partial charge in [-0.15, -0.1) is 0 Å². The van der Waals surface area contributed by atoms with Crippen LogP contribution in [0.3, 0.4) is 0 Å². The predicted molar refractivity (Wildman–Crippen MR) is 75.7 cm³/mol. The average molecular weight is 272 g/mol. The number of nitrogens with one attached hydrogen (secondary N) is 1. The summed E-state index contributed by atoms with van der Waals surface area (Å²) in [6.07, 6.45) is 2.13. The van der Waals surface area contributed by atoms with E-state index in [1.54, 1.807) is 7.11 Å². The van der Waals surface area contributed by atoms with E-state index in [0.29, 0.717) is 0 Å². The second kappa shape index (κ2) is 9.20. The number of rotatable bonds is 9. The van der Waals surface area contributed by atoms with Crippen LogP contribution in [-0.4, -0.2) is 33.4 Å². The molecule has 0 saturated carbocycles. The van der Waals surface area contributed by atoms with Crippen molar-refractivity contribution < 1.29 is 9.47 Å². The van der Waals surface area contributed by atoms with E-state index in [-0.39, 0.29) is 0 Å². The van der Waals surface area contributed by atoms with Crippen LogP contribution in [0.2, 0.25) is 5.02 Å². The smallest absolute Gasteiger partial charge is 0.123 e. The van der Waals surface area contributed by atoms with E-state index in [1.165, 1.54) is 0 Å². The average Bonchev–Trinajstić information content (AvgIpc) is 2.36. The van der Waals surface area contributed by atoms with Crippen molar-refractivity contribution in [2.75, 3.05) is 33.4 Å². The molecule has 0 fully saturated rings. The van der Waals surface area contributed by atoms with Crippen molar-refractivity contribution in [2.45, 2.75) is 19.8 Å². The lowest BCUT2D eigenvalue weighted by atomic mass is 10.2. The minimum absolute atomic E-state index is 0.719. The van der Waals surface area contributed by atoms with Crippen LogP contribution in [0, 0.1) is 6.92 Å². The Bertz CT molecular complexity index is 345. The minimum Gasteiger partial charge on any atom is -0.493 e. The van der Waals surface area contributed by atoms with Gasteiger partial charge in [0.15, 0.2) is 0 Å². The fourth-order valence-electron chi connectivity index (χ4n) is 1.56. The normalized spacial score (nSPS) is 10.6. The molecule has 0 bridgehead atoms. The molecule has 102 valence electrons. The van der Waals surface area contributed by atoms with Gasteiger partial charge in [0, 0.05) is 18.7 Å². The van der Waals surface area contributed by atoms with Gasteiger partial charge >= 0.3 is 0 Å². The van der Waals surface area contributed by atoms with Crippen molar-refractivity contribution in [1.82, 2.24) is 5.32 Å². The molecule has 0 aliphatic carbocycles. The molecule has 1 aromatic carbocycles. The standard InChI is InChI=1S/C14H22ClNO2/c1-12-5-6-13(15)11-14(12)18-9-4-3-7-16-8-10-17-2/h5-6,11,16H,3-4,7-10H2,1-2H3. The number of ether oxygens (including phenoxy) is 2. The van der Waals surface area contributed by atoms with E-state index >= 15 is 0 Å². The number of hydrogen-bond donors (Lipinski definition) is 1. The summed E-state index contributed by atoms with van der Waals surface area (Å²) >= 11 is 5.93. The molecule has 1 rings (SSSR count). The Morgan fingerprint density at radius 3 is 2.78 bits per heavy atom. The Labute approximate surface area is 114 Å². The zero-order valence-electron chi connectivity index (χ0n) is 11.2. The molecular weight excluding hydrogens is 250 g/mol. The van der Waals surface area contributed by atoms with Crippen LogP contribution in [0.15, 0.2) is 18.2 Å². The van der Waals surface area contributed by atoms with Gasteiger partial charge in [-0.1, -0.05) is 17.7 Å². The molecule has 0 aliphatic rings. The first kappa shape index (κ1) is 15.3. The van der Waals surface area contributed by atoms with Crippen LogP contribution < -0.4 is 10.1 Å². The number of hydrogen-bond acceptors (Lipinski definition) is 3. The molecular formula is C14H22ClNO2. The Hall–Kier alpha value is -0.770. The molecule has 0 radical (unpaired) electrons. The Morgan fingerprint density at radius 2 is 2.00 bits per heavy atom. The van der Waals surface area contributed by atoms with Gasteiger partial charge in [-0.05, 0) is 44.0 Å². The van der Waals surface area contributed by atoms with Gasteiger partial charge in [0.2, 0.25) is 0 Å². The summed E-state index contributed by atoms with van der Waals surface area (Å²) in [4.78, 5) is 0. The highest BCUT2D eigenvalue weighted by Crippen LogP contribution is 2.22. The first-order chi connectivity index (χ1) is 8.74. The molecule has 0 aromatic heterocycles. The van der Waals surface area contributed by atoms with E-state index in [0.717, 1.165) is 55.5 Å². The van der Waals surface area contributed by atoms with Gasteiger partial charge in [0.05, 0.1) is 13.2 Å². The first-order valence-corrected chi connectivity index (χ1v) is 6.70. The van der Waals surface area contributed by atoms with Gasteiger partial charge < -0.3 is 14.8 Å². The quantitative estimate of drug-likeness (QED) is 0.701. The lowest BCUT2D eigenvalue weighted by Gasteiger charge is -2.09. The van der Waals surface area contributed by atoms with Crippen molar-refractivity contribution in [1.29, 1.82) is 0 Å². The lowest BCUT2D eigenvalue weighted by Crippen LogP contribution is -2.20. The van der Waals surface area contributed by atoms with Crippen LogP contribution in [-0.2, 0) is 4.74 Å². The Morgan fingerprint density at radius 1 is 1.17 bits per heavy atom. The molecule has 0 saturated heterocycles. The summed E-state index contributed by atoms with van der Waals surface area (Å²) in [6.45, 7) is 5.43. The summed E-state index contributed by atoms with van der Waals surface area (Å²) in [5.74, 6) is 0.884. The number of methoxy groups -OCH3 is 1. The number of aryl methyl sites for hydroxylation is 1. The molecule has 4 heteroatoms. The van der Waals surface area contributed by atoms with E-state index in [1.807, 2.05) is 25.1 Å². The maximum absolute atomic E-state index is 5.93. The predicted octanol–water partition coefficient (Wildman–Crippen LogP) is 3.04. The van der Waals surface area contributed by atoms with E-state index < -0.39 is 0 Å². The molecule has 1 aromatic rings. The van der Waals surface area contributed by atoms with Crippen LogP contribution in [0.1, 0.15) is 18.4 Å². The third kappa shape index (κ3) is 6.24. The molecule has 0 unspecified atom stereocenters. The third-order valence-corrected chi connectivity index (χ3v) is 2.87. The van der Waals surface area contributed by atoms with Crippen molar-refractivity contribution in [2.24, 2.45) is 0 Å². The Kier molecular flexibility index (Phi) is 7.81. The van der Waals surface area contributed by atoms with Crippen molar-refractivity contribution >= 4 is 11.6 Å². The van der Waals surface area contributed by atoms with Gasteiger partial charge in [-0.25, -0.2) is 0 Å². The lowest BCUT2D eigenvalue weighted by molar-refractivity contribution is 0.199. The van der Waals surface area contributed by atoms with E-state index in [9.17, 15) is 0 Å². The van der Waals surface area contributed by atoms with Crippen molar-refractivity contribution in [3.05, 3.63) is 28.8 Å². The summed E-state index contributed by atoms with van der Waals surface area (Å²) in [5, 5.41) is 4.02. The van der Waals surface area contributed by atoms with Gasteiger partial charge in [0.25, 0.3) is 0 Å². The van der Waals surface area contributed by atoms with Crippen LogP contribution in [0.25, 0.3) is 0 Å². The van der Waals surface area contributed by atoms with E-state index in [4.69, 9.17) is 21.1 Å². The molecule has 0 spiro atoms. The summed E-state index contributed by atoms with van der Waals surface area (Å²) in [6, 6.07) is 5.72. The van der Waals surface area contributed by atoms with Crippen molar-refractivity contribution in [3.63, 3.8) is 0 Å². The fourth-order valence-corrected chi connectivity index (χ4v) is 1.72. The number of unbranched alkanes of at least 4 members (excludes halogenated alkanes) is 1. The first-order valence-electron chi connectivity index (χ1n) is 6.32. The highest BCUT2D eigenvalue weighted by molar-refractivity contribution is 6.30. The molecule has 0 heterocycles. The summed E-state index contributed by atoms with van der Waals surface area (Å²) < 4.78 is 10.7. The molecule has 0 atom stereocenters. The highest BCUT2D eigenvalue weighted by Gasteiger charge is 2.00. The monoisotopic (exact) mass is 271 g/mol. The van der Waals surface area contributed by atoms with Gasteiger partial charge in [-0.2, -0.15) is 0 Å². The summed E-state index contributed by atoms with van der Waals surface area (Å²) in [7, 11) is 1.71. The number of halogens is 1. The van der Waals surface area contributed by atoms with Gasteiger partial charge in [0.1, 0.15) is 5.75 Å². The zero-order valence-corrected chi connectivity index (χ0v) is 11.9. The SMILES string of the molecule is COCCNCCCCOc1cc(Cl)ccc1C. The minimum atomic E-state index is 0.719. The van der Waals surface area contributed by atoms with Crippen LogP contribution in [0.4, 0.5) is 0 Å². The fraction of sp³-hybridized carbons (Fsp3) is 0.571. The van der Waals surface area contributed by atoms with E-state index in [2.05, 4.69) is 5.32 Å². The second-order valence-corrected chi connectivity index (χ2v) is 4.64. The molecule has 1 N–H and O–H groups in total. The maximum Gasteiger partial charge on any atom is 0.123 e. The third-order valence-electron chi connectivity index (χ3n) is 2.64. The Balaban J connectivity index is 2.09. The molecule has 0 amide bonds. The summed E-state index contributed by atoms with van der Waals surface area (Å²) in [5.41, 5.74) is 1.12. The maximum atomic E-state index is 5.93. The van der Waals surface area contributed by atoms with Gasteiger partial charge in [-0.3, -0.25) is 0 Å². The number of benzene rings is 1. The molecule has 18 heavy (non-hydrogen) atoms. The van der Waals surface area contributed by atoms with Crippen LogP contribution in [0.5, 0.6) is 5.75 Å². The largest absolute Gasteiger partial charge is 0.493 e. The second-order valence-electron chi connectivity index (χ2n) is 4.21. The van der Waals surface area contributed by atoms with Crippen LogP contribution >= 0.6 is 11.6 Å². The zero-order chi connectivity index (χ0) is 13.2. The highest BCUT2D eigenvalue weighted by atomic mass is 35.5. The van der Waals surface area contributed by atoms with Crippen molar-refractivity contribution in [3.8, 4) is 5.75 Å². The topological polar surface area (TPSA) is 30.5 Å². The molecule has 0 aliphatic heterocycles. The molecule has 3 nitrogen and oxygen atoms in total.